The van der Waals surface area contributed by atoms with Gasteiger partial charge in [-0.1, -0.05) is 0 Å². The maximum atomic E-state index is 12.2. The molecule has 0 atom stereocenters. The number of halogens is 2. The Morgan fingerprint density at radius 3 is 2.61 bits per heavy atom. The predicted octanol–water partition coefficient (Wildman–Crippen LogP) is 2.24. The Morgan fingerprint density at radius 2 is 2.06 bits per heavy atom. The van der Waals surface area contributed by atoms with E-state index in [2.05, 4.69) is 4.74 Å². The summed E-state index contributed by atoms with van der Waals surface area (Å²) in [5, 5.41) is 10.6. The van der Waals surface area contributed by atoms with Crippen molar-refractivity contribution in [2.24, 2.45) is 0 Å². The highest BCUT2D eigenvalue weighted by Gasteiger charge is 2.26. The fraction of sp³-hybridized carbons (Fsp3) is 0.400. The van der Waals surface area contributed by atoms with E-state index < -0.39 is 17.8 Å². The van der Waals surface area contributed by atoms with Crippen LogP contribution < -0.4 is 4.74 Å². The Bertz CT molecular complexity index is 448. The molecule has 8 heteroatoms. The van der Waals surface area contributed by atoms with Crippen LogP contribution >= 0.6 is 0 Å². The first kappa shape index (κ1) is 12.7. The molecule has 0 aliphatic carbocycles. The van der Waals surface area contributed by atoms with Crippen LogP contribution in [0.25, 0.3) is 0 Å². The largest absolute Gasteiger partial charge is 0.434 e. The fourth-order valence-electron chi connectivity index (χ4n) is 1.57. The highest BCUT2D eigenvalue weighted by atomic mass is 19.3. The van der Waals surface area contributed by atoms with E-state index in [9.17, 15) is 18.9 Å². The number of nitro groups is 1. The maximum absolute atomic E-state index is 12.2. The van der Waals surface area contributed by atoms with Crippen molar-refractivity contribution >= 4 is 5.69 Å². The molecule has 98 valence electrons. The van der Waals surface area contributed by atoms with Gasteiger partial charge in [-0.05, 0) is 6.07 Å². The predicted molar refractivity (Wildman–Crippen MR) is 54.4 cm³/mol. The molecule has 0 N–H and O–H groups in total. The quantitative estimate of drug-likeness (QED) is 0.614. The average molecular weight is 261 g/mol. The van der Waals surface area contributed by atoms with Gasteiger partial charge in [0.1, 0.15) is 5.75 Å². The summed E-state index contributed by atoms with van der Waals surface area (Å²) >= 11 is 0. The summed E-state index contributed by atoms with van der Waals surface area (Å²) in [5.74, 6) is -0.192. The molecule has 0 saturated carbocycles. The van der Waals surface area contributed by atoms with Crippen molar-refractivity contribution in [1.29, 1.82) is 0 Å². The Hall–Kier alpha value is -1.80. The van der Waals surface area contributed by atoms with Crippen LogP contribution in [-0.2, 0) is 9.47 Å². The summed E-state index contributed by atoms with van der Waals surface area (Å²) in [6, 6.07) is 3.29. The van der Waals surface area contributed by atoms with Gasteiger partial charge in [0, 0.05) is 12.1 Å². The molecule has 1 aromatic carbocycles. The fourth-order valence-corrected chi connectivity index (χ4v) is 1.57. The molecule has 1 aliphatic heterocycles. The van der Waals surface area contributed by atoms with E-state index in [0.717, 1.165) is 18.2 Å². The number of nitrogens with zero attached hydrogens (tertiary/aromatic N) is 1. The lowest BCUT2D eigenvalue weighted by atomic mass is 10.1. The van der Waals surface area contributed by atoms with Gasteiger partial charge < -0.3 is 14.2 Å². The number of non-ortho nitro benzene ring substituents is 1. The molecule has 1 saturated heterocycles. The molecule has 0 radical (unpaired) electrons. The second-order valence-electron chi connectivity index (χ2n) is 3.43. The molecule has 0 bridgehead atoms. The van der Waals surface area contributed by atoms with E-state index in [-0.39, 0.29) is 17.0 Å². The van der Waals surface area contributed by atoms with Gasteiger partial charge in [0.05, 0.1) is 23.7 Å². The zero-order valence-electron chi connectivity index (χ0n) is 9.05. The van der Waals surface area contributed by atoms with Gasteiger partial charge in [0.2, 0.25) is 0 Å². The van der Waals surface area contributed by atoms with Crippen LogP contribution in [0.1, 0.15) is 11.9 Å². The van der Waals surface area contributed by atoms with Gasteiger partial charge in [0.25, 0.3) is 5.69 Å². The zero-order valence-corrected chi connectivity index (χ0v) is 9.05. The van der Waals surface area contributed by atoms with Crippen molar-refractivity contribution in [3.05, 3.63) is 33.9 Å². The molecule has 1 heterocycles. The van der Waals surface area contributed by atoms with Crippen LogP contribution in [0, 0.1) is 10.1 Å². The zero-order chi connectivity index (χ0) is 13.1. The number of hydrogen-bond donors (Lipinski definition) is 0. The van der Waals surface area contributed by atoms with Gasteiger partial charge in [-0.2, -0.15) is 8.78 Å². The van der Waals surface area contributed by atoms with Gasteiger partial charge in [-0.25, -0.2) is 0 Å². The summed E-state index contributed by atoms with van der Waals surface area (Å²) < 4.78 is 38.9. The van der Waals surface area contributed by atoms with E-state index in [1.54, 1.807) is 0 Å². The second-order valence-corrected chi connectivity index (χ2v) is 3.43. The maximum Gasteiger partial charge on any atom is 0.387 e. The van der Waals surface area contributed by atoms with Gasteiger partial charge >= 0.3 is 6.61 Å². The summed E-state index contributed by atoms with van der Waals surface area (Å²) in [6.07, 6.45) is -0.918. The Kier molecular flexibility index (Phi) is 3.68. The third-order valence-electron chi connectivity index (χ3n) is 2.30. The summed E-state index contributed by atoms with van der Waals surface area (Å²) in [7, 11) is 0. The normalized spacial score (nSPS) is 16.2. The van der Waals surface area contributed by atoms with Crippen LogP contribution in [0.15, 0.2) is 18.2 Å². The molecular formula is C10H9F2NO5. The van der Waals surface area contributed by atoms with E-state index >= 15 is 0 Å². The van der Waals surface area contributed by atoms with Crippen LogP contribution in [0.4, 0.5) is 14.5 Å². The van der Waals surface area contributed by atoms with Crippen molar-refractivity contribution in [3.63, 3.8) is 0 Å². The van der Waals surface area contributed by atoms with E-state index in [1.807, 2.05) is 0 Å². The topological polar surface area (TPSA) is 70.8 Å². The molecule has 1 aromatic rings. The van der Waals surface area contributed by atoms with Gasteiger partial charge in [0.15, 0.2) is 6.29 Å². The van der Waals surface area contributed by atoms with Crippen molar-refractivity contribution in [2.45, 2.75) is 12.9 Å². The first-order chi connectivity index (χ1) is 8.58. The Labute approximate surface area is 100 Å². The van der Waals surface area contributed by atoms with E-state index in [0.29, 0.717) is 13.2 Å². The van der Waals surface area contributed by atoms with Crippen LogP contribution in [-0.4, -0.2) is 24.7 Å². The number of hydrogen-bond acceptors (Lipinski definition) is 5. The van der Waals surface area contributed by atoms with Gasteiger partial charge in [-0.15, -0.1) is 0 Å². The molecule has 1 fully saturated rings. The number of ether oxygens (including phenoxy) is 3. The lowest BCUT2D eigenvalue weighted by Gasteiger charge is -2.14. The third-order valence-corrected chi connectivity index (χ3v) is 2.30. The van der Waals surface area contributed by atoms with Crippen molar-refractivity contribution < 1.29 is 27.9 Å². The van der Waals surface area contributed by atoms with Crippen molar-refractivity contribution in [2.75, 3.05) is 13.2 Å². The van der Waals surface area contributed by atoms with Crippen LogP contribution in [0.2, 0.25) is 0 Å². The highest BCUT2D eigenvalue weighted by molar-refractivity contribution is 5.44. The number of benzene rings is 1. The SMILES string of the molecule is O=[N+]([O-])c1ccc(OC(F)F)c(C2OCCO2)c1. The summed E-state index contributed by atoms with van der Waals surface area (Å²) in [5.41, 5.74) is -0.160. The molecular weight excluding hydrogens is 252 g/mol. The van der Waals surface area contributed by atoms with Gasteiger partial charge in [-0.3, -0.25) is 10.1 Å². The third kappa shape index (κ3) is 2.71. The molecule has 18 heavy (non-hydrogen) atoms. The Morgan fingerprint density at radius 1 is 1.39 bits per heavy atom. The average Bonchev–Trinajstić information content (AvgIpc) is 2.81. The lowest BCUT2D eigenvalue weighted by Crippen LogP contribution is -2.08. The molecule has 0 aromatic heterocycles. The molecule has 6 nitrogen and oxygen atoms in total. The summed E-state index contributed by atoms with van der Waals surface area (Å²) in [4.78, 5) is 10.0. The second kappa shape index (κ2) is 5.23. The first-order valence-corrected chi connectivity index (χ1v) is 5.04. The minimum atomic E-state index is -3.02. The van der Waals surface area contributed by atoms with Crippen molar-refractivity contribution in [1.82, 2.24) is 0 Å². The molecule has 0 amide bonds. The molecule has 0 spiro atoms. The highest BCUT2D eigenvalue weighted by Crippen LogP contribution is 2.34. The number of rotatable bonds is 4. The molecule has 1 aliphatic rings. The lowest BCUT2D eigenvalue weighted by molar-refractivity contribution is -0.385. The van der Waals surface area contributed by atoms with E-state index in [4.69, 9.17) is 9.47 Å². The van der Waals surface area contributed by atoms with E-state index in [1.165, 1.54) is 0 Å². The van der Waals surface area contributed by atoms with Crippen molar-refractivity contribution in [3.8, 4) is 5.75 Å². The number of nitro benzene ring substituents is 1. The number of alkyl halides is 2. The molecule has 2 rings (SSSR count). The standard InChI is InChI=1S/C10H9F2NO5/c11-10(12)18-8-2-1-6(13(14)15)5-7(8)9-16-3-4-17-9/h1-2,5,9-10H,3-4H2. The first-order valence-electron chi connectivity index (χ1n) is 5.04. The molecule has 0 unspecified atom stereocenters. The smallest absolute Gasteiger partial charge is 0.387 e. The van der Waals surface area contributed by atoms with Crippen LogP contribution in [0.5, 0.6) is 5.75 Å². The minimum absolute atomic E-state index is 0.0852. The monoisotopic (exact) mass is 261 g/mol. The summed E-state index contributed by atoms with van der Waals surface area (Å²) in [6.45, 7) is -2.44. The van der Waals surface area contributed by atoms with Crippen LogP contribution in [0.3, 0.4) is 0 Å². The minimum Gasteiger partial charge on any atom is -0.434 e. The Balaban J connectivity index is 2.35.